The molecule has 1 N–H and O–H groups in total. The average Bonchev–Trinajstić information content (AvgIpc) is 2.75. The van der Waals surface area contributed by atoms with Crippen LogP contribution in [0.25, 0.3) is 0 Å². The lowest BCUT2D eigenvalue weighted by Gasteiger charge is -2.25. The molecular weight excluding hydrogens is 424 g/mol. The number of ketones is 1. The number of ether oxygens (including phenoxy) is 3. The van der Waals surface area contributed by atoms with Gasteiger partial charge in [0.25, 0.3) is 0 Å². The van der Waals surface area contributed by atoms with Gasteiger partial charge in [-0.1, -0.05) is 26.8 Å². The highest BCUT2D eigenvalue weighted by Crippen LogP contribution is 2.43. The van der Waals surface area contributed by atoms with Gasteiger partial charge >= 0.3 is 11.9 Å². The molecule has 0 aliphatic carbocycles. The van der Waals surface area contributed by atoms with Gasteiger partial charge in [-0.2, -0.15) is 0 Å². The number of allylic oxidation sites excluding steroid dienone is 1. The number of carboxylic acids is 1. The van der Waals surface area contributed by atoms with E-state index in [4.69, 9.17) is 14.2 Å². The van der Waals surface area contributed by atoms with Gasteiger partial charge < -0.3 is 19.3 Å². The molecule has 0 saturated carbocycles. The monoisotopic (exact) mass is 452 g/mol. The molecule has 0 spiro atoms. The number of aromatic carboxylic acids is 1. The molecule has 3 rings (SSSR count). The SMILES string of the molecule is C=CC(C)c1c(C)cc2c(c1C(=O)O)Oc1ccc(C(=O)CC(C)C)c(OC)c1C(=O)OC2. The van der Waals surface area contributed by atoms with Crippen molar-refractivity contribution < 1.29 is 33.7 Å². The number of carbonyl (C=O) groups is 3. The highest BCUT2D eigenvalue weighted by Gasteiger charge is 2.32. The standard InChI is InChI=1S/C26H28O7/c1-7-14(4)20-15(5)11-16-12-32-26(30)21-19(33-23(16)22(20)25(28)29)9-8-17(24(21)31-6)18(27)10-13(2)3/h7-9,11,13-14H,1,10,12H2,2-6H3,(H,28,29). The first-order chi connectivity index (χ1) is 15.6. The van der Waals surface area contributed by atoms with Crippen molar-refractivity contribution in [2.75, 3.05) is 7.11 Å². The minimum absolute atomic E-state index is 0.0137. The van der Waals surface area contributed by atoms with Crippen LogP contribution in [0, 0.1) is 12.8 Å². The summed E-state index contributed by atoms with van der Waals surface area (Å²) in [5.74, 6) is -1.99. The van der Waals surface area contributed by atoms with Gasteiger partial charge in [-0.25, -0.2) is 9.59 Å². The third-order valence-corrected chi connectivity index (χ3v) is 5.62. The number of methoxy groups -OCH3 is 1. The van der Waals surface area contributed by atoms with E-state index >= 15 is 0 Å². The van der Waals surface area contributed by atoms with Crippen molar-refractivity contribution in [1.82, 2.24) is 0 Å². The average molecular weight is 453 g/mol. The number of fused-ring (bicyclic) bond motifs is 2. The second kappa shape index (κ2) is 9.48. The maximum absolute atomic E-state index is 12.9. The van der Waals surface area contributed by atoms with Crippen LogP contribution in [-0.2, 0) is 11.3 Å². The Bertz CT molecular complexity index is 1140. The maximum Gasteiger partial charge on any atom is 0.346 e. The smallest absolute Gasteiger partial charge is 0.346 e. The lowest BCUT2D eigenvalue weighted by atomic mass is 9.88. The molecular formula is C26H28O7. The summed E-state index contributed by atoms with van der Waals surface area (Å²) in [4.78, 5) is 38.0. The van der Waals surface area contributed by atoms with E-state index in [1.807, 2.05) is 20.8 Å². The van der Waals surface area contributed by atoms with Crippen molar-refractivity contribution in [2.24, 2.45) is 5.92 Å². The largest absolute Gasteiger partial charge is 0.495 e. The van der Waals surface area contributed by atoms with E-state index in [2.05, 4.69) is 6.58 Å². The summed E-state index contributed by atoms with van der Waals surface area (Å²) < 4.78 is 17.0. The zero-order valence-electron chi connectivity index (χ0n) is 19.5. The summed E-state index contributed by atoms with van der Waals surface area (Å²) in [6, 6.07) is 4.76. The molecule has 2 aromatic carbocycles. The molecule has 0 bridgehead atoms. The van der Waals surface area contributed by atoms with Crippen LogP contribution in [0.4, 0.5) is 0 Å². The van der Waals surface area contributed by atoms with Gasteiger partial charge in [0.05, 0.1) is 12.7 Å². The van der Waals surface area contributed by atoms with Crippen LogP contribution in [0.1, 0.15) is 80.9 Å². The minimum Gasteiger partial charge on any atom is -0.495 e. The van der Waals surface area contributed by atoms with E-state index in [0.717, 1.165) is 5.56 Å². The molecule has 0 amide bonds. The number of aryl methyl sites for hydroxylation is 1. The van der Waals surface area contributed by atoms with E-state index in [1.165, 1.54) is 19.2 Å². The highest BCUT2D eigenvalue weighted by atomic mass is 16.5. The predicted molar refractivity (Wildman–Crippen MR) is 123 cm³/mol. The van der Waals surface area contributed by atoms with Crippen molar-refractivity contribution in [3.63, 3.8) is 0 Å². The summed E-state index contributed by atoms with van der Waals surface area (Å²) in [6.45, 7) is 11.1. The number of esters is 1. The molecule has 1 atom stereocenters. The fourth-order valence-corrected chi connectivity index (χ4v) is 4.11. The van der Waals surface area contributed by atoms with Crippen molar-refractivity contribution in [1.29, 1.82) is 0 Å². The lowest BCUT2D eigenvalue weighted by Crippen LogP contribution is -2.18. The number of cyclic esters (lactones) is 1. The Balaban J connectivity index is 2.27. The van der Waals surface area contributed by atoms with Crippen LogP contribution in [0.15, 0.2) is 30.9 Å². The molecule has 1 aliphatic rings. The van der Waals surface area contributed by atoms with Crippen LogP contribution in [0.2, 0.25) is 0 Å². The first kappa shape index (κ1) is 24.0. The number of hydrogen-bond donors (Lipinski definition) is 1. The molecule has 1 aliphatic heterocycles. The summed E-state index contributed by atoms with van der Waals surface area (Å²) in [5, 5.41) is 10.1. The summed E-state index contributed by atoms with van der Waals surface area (Å²) in [6.07, 6.45) is 1.94. The number of carboxylic acid groups (broad SMARTS) is 1. The van der Waals surface area contributed by atoms with Crippen molar-refractivity contribution in [3.05, 3.63) is 64.2 Å². The van der Waals surface area contributed by atoms with Gasteiger partial charge in [-0.15, -0.1) is 6.58 Å². The summed E-state index contributed by atoms with van der Waals surface area (Å²) in [5.41, 5.74) is 1.91. The highest BCUT2D eigenvalue weighted by molar-refractivity contribution is 6.05. The fraction of sp³-hybridized carbons (Fsp3) is 0.346. The molecule has 2 aromatic rings. The van der Waals surface area contributed by atoms with Crippen molar-refractivity contribution in [2.45, 2.75) is 46.6 Å². The van der Waals surface area contributed by atoms with Crippen LogP contribution in [0.5, 0.6) is 17.2 Å². The van der Waals surface area contributed by atoms with E-state index in [9.17, 15) is 19.5 Å². The summed E-state index contributed by atoms with van der Waals surface area (Å²) in [7, 11) is 1.36. The van der Waals surface area contributed by atoms with Crippen LogP contribution < -0.4 is 9.47 Å². The molecule has 33 heavy (non-hydrogen) atoms. The number of benzene rings is 2. The first-order valence-electron chi connectivity index (χ1n) is 10.7. The van der Waals surface area contributed by atoms with Crippen molar-refractivity contribution >= 4 is 17.7 Å². The van der Waals surface area contributed by atoms with Gasteiger partial charge in [-0.05, 0) is 48.1 Å². The minimum atomic E-state index is -1.16. The second-order valence-corrected chi connectivity index (χ2v) is 8.52. The van der Waals surface area contributed by atoms with E-state index < -0.39 is 11.9 Å². The van der Waals surface area contributed by atoms with Gasteiger partial charge in [-0.3, -0.25) is 4.79 Å². The van der Waals surface area contributed by atoms with Crippen LogP contribution in [-0.4, -0.2) is 29.9 Å². The Kier molecular flexibility index (Phi) is 6.91. The predicted octanol–water partition coefficient (Wildman–Crippen LogP) is 5.68. The first-order valence-corrected chi connectivity index (χ1v) is 10.7. The van der Waals surface area contributed by atoms with Crippen LogP contribution in [0.3, 0.4) is 0 Å². The number of carbonyl (C=O) groups excluding carboxylic acids is 2. The molecule has 0 aromatic heterocycles. The van der Waals surface area contributed by atoms with Gasteiger partial charge in [0.1, 0.15) is 35.0 Å². The Morgan fingerprint density at radius 1 is 1.27 bits per heavy atom. The molecule has 174 valence electrons. The lowest BCUT2D eigenvalue weighted by molar-refractivity contribution is 0.0455. The van der Waals surface area contributed by atoms with E-state index in [-0.39, 0.29) is 64.6 Å². The summed E-state index contributed by atoms with van der Waals surface area (Å²) >= 11 is 0. The number of Topliss-reactive ketones (excluding diaryl/α,β-unsaturated/α-hetero) is 1. The second-order valence-electron chi connectivity index (χ2n) is 8.52. The molecule has 1 heterocycles. The third-order valence-electron chi connectivity index (χ3n) is 5.62. The molecule has 0 saturated heterocycles. The Morgan fingerprint density at radius 2 is 1.97 bits per heavy atom. The normalized spacial score (nSPS) is 13.6. The fourth-order valence-electron chi connectivity index (χ4n) is 4.11. The number of rotatable bonds is 7. The molecule has 7 heteroatoms. The maximum atomic E-state index is 12.9. The van der Waals surface area contributed by atoms with Crippen LogP contribution >= 0.6 is 0 Å². The zero-order chi connectivity index (χ0) is 24.4. The molecule has 0 radical (unpaired) electrons. The van der Waals surface area contributed by atoms with E-state index in [1.54, 1.807) is 19.1 Å². The Hall–Kier alpha value is -3.61. The topological polar surface area (TPSA) is 99.1 Å². The van der Waals surface area contributed by atoms with E-state index in [0.29, 0.717) is 11.1 Å². The van der Waals surface area contributed by atoms with Gasteiger partial charge in [0, 0.05) is 12.0 Å². The third kappa shape index (κ3) is 4.49. The van der Waals surface area contributed by atoms with Crippen molar-refractivity contribution in [3.8, 4) is 17.2 Å². The number of hydrogen-bond acceptors (Lipinski definition) is 6. The molecule has 1 unspecified atom stereocenters. The zero-order valence-corrected chi connectivity index (χ0v) is 19.5. The quantitative estimate of drug-likeness (QED) is 0.328. The Morgan fingerprint density at radius 3 is 2.55 bits per heavy atom. The Labute approximate surface area is 193 Å². The van der Waals surface area contributed by atoms with Gasteiger partial charge in [0.15, 0.2) is 5.78 Å². The molecule has 0 fully saturated rings. The van der Waals surface area contributed by atoms with Gasteiger partial charge in [0.2, 0.25) is 0 Å². The molecule has 7 nitrogen and oxygen atoms in total.